The first-order valence-corrected chi connectivity index (χ1v) is 13.1. The first-order chi connectivity index (χ1) is 17.0. The predicted molar refractivity (Wildman–Crippen MR) is 138 cm³/mol. The Morgan fingerprint density at radius 2 is 2.00 bits per heavy atom. The van der Waals surface area contributed by atoms with Gasteiger partial charge in [0.1, 0.15) is 11.5 Å². The number of hydrogen-bond acceptors (Lipinski definition) is 7. The average molecular weight is 492 g/mol. The van der Waals surface area contributed by atoms with Gasteiger partial charge in [-0.1, -0.05) is 6.07 Å². The molecule has 2 aliphatic rings. The van der Waals surface area contributed by atoms with E-state index in [-0.39, 0.29) is 17.3 Å². The normalized spacial score (nSPS) is 17.2. The molecule has 1 aliphatic carbocycles. The molecule has 5 rings (SSSR count). The highest BCUT2D eigenvalue weighted by atomic mass is 32.2. The average Bonchev–Trinajstić information content (AvgIpc) is 3.42. The van der Waals surface area contributed by atoms with Crippen molar-refractivity contribution in [3.8, 4) is 11.3 Å². The molecule has 35 heavy (non-hydrogen) atoms. The number of aryl methyl sites for hydroxylation is 1. The topological polar surface area (TPSA) is 114 Å². The highest BCUT2D eigenvalue weighted by molar-refractivity contribution is 7.99. The Labute approximate surface area is 208 Å². The van der Waals surface area contributed by atoms with E-state index in [1.54, 1.807) is 31.6 Å². The number of rotatable bonds is 9. The molecule has 1 unspecified atom stereocenters. The van der Waals surface area contributed by atoms with Gasteiger partial charge in [-0.25, -0.2) is 9.97 Å². The molecule has 0 spiro atoms. The summed E-state index contributed by atoms with van der Waals surface area (Å²) in [6.07, 6.45) is 7.01. The molecule has 3 aromatic heterocycles. The van der Waals surface area contributed by atoms with Crippen molar-refractivity contribution in [2.24, 2.45) is 18.9 Å². The van der Waals surface area contributed by atoms with E-state index in [1.165, 1.54) is 17.5 Å². The molecule has 1 atom stereocenters. The van der Waals surface area contributed by atoms with E-state index in [0.717, 1.165) is 41.8 Å². The lowest BCUT2D eigenvalue weighted by Gasteiger charge is -2.10. The van der Waals surface area contributed by atoms with Crippen LogP contribution in [0.25, 0.3) is 11.3 Å². The highest BCUT2D eigenvalue weighted by Crippen LogP contribution is 2.29. The van der Waals surface area contributed by atoms with Gasteiger partial charge in [0, 0.05) is 38.1 Å². The maximum Gasteiger partial charge on any atom is 0.274 e. The zero-order chi connectivity index (χ0) is 24.2. The fraction of sp³-hybridized carbons (Fsp3) is 0.400. The van der Waals surface area contributed by atoms with E-state index in [4.69, 9.17) is 0 Å². The van der Waals surface area contributed by atoms with Crippen LogP contribution in [0.15, 0.2) is 42.7 Å². The quantitative estimate of drug-likeness (QED) is 0.420. The molecule has 182 valence electrons. The molecule has 0 bridgehead atoms. The Morgan fingerprint density at radius 1 is 1.11 bits per heavy atom. The molecule has 10 heteroatoms. The molecule has 2 fully saturated rings. The molecule has 3 N–H and O–H groups in total. The van der Waals surface area contributed by atoms with Crippen molar-refractivity contribution in [3.63, 3.8) is 0 Å². The second kappa shape index (κ2) is 10.5. The molecule has 0 radical (unpaired) electrons. The first kappa shape index (κ1) is 23.3. The van der Waals surface area contributed by atoms with Gasteiger partial charge in [0.2, 0.25) is 0 Å². The van der Waals surface area contributed by atoms with Crippen molar-refractivity contribution < 1.29 is 9.59 Å². The molecule has 4 heterocycles. The van der Waals surface area contributed by atoms with Crippen molar-refractivity contribution in [2.45, 2.75) is 19.3 Å². The van der Waals surface area contributed by atoms with Crippen molar-refractivity contribution >= 4 is 35.1 Å². The third-order valence-corrected chi connectivity index (χ3v) is 7.41. The molecule has 3 aromatic rings. The third kappa shape index (κ3) is 6.00. The number of carbonyl (C=O) groups is 2. The molecular formula is C25H29N7O2S. The van der Waals surface area contributed by atoms with Crippen LogP contribution in [0.5, 0.6) is 0 Å². The van der Waals surface area contributed by atoms with E-state index in [2.05, 4.69) is 31.0 Å². The van der Waals surface area contributed by atoms with Gasteiger partial charge in [-0.2, -0.15) is 16.9 Å². The minimum absolute atomic E-state index is 0.197. The highest BCUT2D eigenvalue weighted by Gasteiger charge is 2.22. The second-order valence-corrected chi connectivity index (χ2v) is 10.3. The van der Waals surface area contributed by atoms with Gasteiger partial charge < -0.3 is 16.0 Å². The Morgan fingerprint density at radius 3 is 2.80 bits per heavy atom. The Kier molecular flexibility index (Phi) is 6.98. The lowest BCUT2D eigenvalue weighted by molar-refractivity contribution is 0.0943. The predicted octanol–water partition coefficient (Wildman–Crippen LogP) is 3.43. The molecule has 1 aliphatic heterocycles. The largest absolute Gasteiger partial charge is 0.370 e. The maximum atomic E-state index is 13.0. The van der Waals surface area contributed by atoms with Crippen LogP contribution >= 0.6 is 11.8 Å². The van der Waals surface area contributed by atoms with Crippen molar-refractivity contribution in [3.05, 3.63) is 54.1 Å². The fourth-order valence-electron chi connectivity index (χ4n) is 3.98. The van der Waals surface area contributed by atoms with Crippen LogP contribution in [0.3, 0.4) is 0 Å². The van der Waals surface area contributed by atoms with Crippen molar-refractivity contribution in [1.82, 2.24) is 25.1 Å². The van der Waals surface area contributed by atoms with Crippen LogP contribution < -0.4 is 16.0 Å². The van der Waals surface area contributed by atoms with Gasteiger partial charge in [0.15, 0.2) is 5.69 Å². The number of pyridine rings is 2. The van der Waals surface area contributed by atoms with Crippen LogP contribution in [0.1, 0.15) is 40.2 Å². The van der Waals surface area contributed by atoms with Gasteiger partial charge in [-0.3, -0.25) is 14.3 Å². The van der Waals surface area contributed by atoms with Gasteiger partial charge >= 0.3 is 0 Å². The second-order valence-electron chi connectivity index (χ2n) is 9.12. The lowest BCUT2D eigenvalue weighted by Crippen LogP contribution is -2.30. The summed E-state index contributed by atoms with van der Waals surface area (Å²) in [5.41, 5.74) is 2.36. The summed E-state index contributed by atoms with van der Waals surface area (Å²) in [4.78, 5) is 34.7. The minimum atomic E-state index is -0.401. The van der Waals surface area contributed by atoms with Crippen LogP contribution in [0.4, 0.5) is 11.5 Å². The van der Waals surface area contributed by atoms with E-state index < -0.39 is 5.91 Å². The number of amides is 2. The Balaban J connectivity index is 1.27. The fourth-order valence-corrected chi connectivity index (χ4v) is 5.26. The van der Waals surface area contributed by atoms with Crippen LogP contribution in [-0.2, 0) is 7.05 Å². The van der Waals surface area contributed by atoms with Crippen molar-refractivity contribution in [2.75, 3.05) is 35.2 Å². The number of hydrogen-bond donors (Lipinski definition) is 3. The molecule has 1 saturated heterocycles. The molecule has 2 amide bonds. The summed E-state index contributed by atoms with van der Waals surface area (Å²) in [7, 11) is 1.72. The van der Waals surface area contributed by atoms with Gasteiger partial charge in [-0.05, 0) is 66.9 Å². The maximum absolute atomic E-state index is 13.0. The first-order valence-electron chi connectivity index (χ1n) is 11.9. The van der Waals surface area contributed by atoms with Gasteiger partial charge in [-0.15, -0.1) is 0 Å². The van der Waals surface area contributed by atoms with E-state index in [9.17, 15) is 9.59 Å². The number of thioether (sulfide) groups is 1. The molecule has 0 aromatic carbocycles. The summed E-state index contributed by atoms with van der Waals surface area (Å²) in [5, 5.41) is 13.4. The van der Waals surface area contributed by atoms with Crippen LogP contribution in [-0.4, -0.2) is 56.2 Å². The molecular weight excluding hydrogens is 462 g/mol. The van der Waals surface area contributed by atoms with Crippen LogP contribution in [0, 0.1) is 11.8 Å². The zero-order valence-corrected chi connectivity index (χ0v) is 20.5. The number of aromatic nitrogens is 4. The smallest absolute Gasteiger partial charge is 0.274 e. The number of carbonyl (C=O) groups excluding carboxylic acids is 2. The molecule has 1 saturated carbocycles. The Hall–Kier alpha value is -3.40. The van der Waals surface area contributed by atoms with Crippen LogP contribution in [0.2, 0.25) is 0 Å². The number of nitrogens with one attached hydrogen (secondary N) is 3. The van der Waals surface area contributed by atoms with Crippen molar-refractivity contribution in [1.29, 1.82) is 0 Å². The number of nitrogens with zero attached hydrogens (tertiary/aromatic N) is 4. The van der Waals surface area contributed by atoms with E-state index in [1.807, 2.05) is 30.0 Å². The Bertz CT molecular complexity index is 1220. The van der Waals surface area contributed by atoms with E-state index in [0.29, 0.717) is 23.8 Å². The standard InChI is InChI=1S/C25H29N7O2S/c1-32-14-21(23(31-32)25(34)28-13-17-8-10-35-15-17)30-24(33)20-4-2-3-19(29-20)18-7-9-26-22(11-18)27-12-16-5-6-16/h2-4,7,9,11,14,16-17H,5-6,8,10,12-13,15H2,1H3,(H,26,27)(H,28,34)(H,30,33). The minimum Gasteiger partial charge on any atom is -0.370 e. The summed E-state index contributed by atoms with van der Waals surface area (Å²) in [6.45, 7) is 1.54. The summed E-state index contributed by atoms with van der Waals surface area (Å²) < 4.78 is 1.52. The van der Waals surface area contributed by atoms with Gasteiger partial charge in [0.25, 0.3) is 11.8 Å². The van der Waals surface area contributed by atoms with Gasteiger partial charge in [0.05, 0.1) is 11.4 Å². The molecule has 9 nitrogen and oxygen atoms in total. The third-order valence-electron chi connectivity index (χ3n) is 6.17. The van der Waals surface area contributed by atoms with E-state index >= 15 is 0 Å². The summed E-state index contributed by atoms with van der Waals surface area (Å²) >= 11 is 1.91. The zero-order valence-electron chi connectivity index (χ0n) is 19.7. The lowest BCUT2D eigenvalue weighted by atomic mass is 10.1. The monoisotopic (exact) mass is 491 g/mol. The SMILES string of the molecule is Cn1cc(NC(=O)c2cccc(-c3ccnc(NCC4CC4)c3)n2)c(C(=O)NCC2CCSC2)n1. The summed E-state index contributed by atoms with van der Waals surface area (Å²) in [6, 6.07) is 9.13. The number of anilines is 2. The summed E-state index contributed by atoms with van der Waals surface area (Å²) in [5.74, 6) is 3.53.